The molecule has 0 saturated heterocycles. The first-order chi connectivity index (χ1) is 7.03. The minimum Gasteiger partial charge on any atom is -0.494 e. The molecule has 1 rings (SSSR count). The zero-order chi connectivity index (χ0) is 11.3. The molecule has 0 aliphatic heterocycles. The molecule has 1 aromatic carbocycles. The highest BCUT2D eigenvalue weighted by atomic mass is 16.5. The van der Waals surface area contributed by atoms with Gasteiger partial charge in [-0.25, -0.2) is 0 Å². The number of nitrogens with one attached hydrogen (secondary N) is 1. The topological polar surface area (TPSA) is 21.3 Å². The van der Waals surface area contributed by atoms with Gasteiger partial charge in [-0.1, -0.05) is 12.1 Å². The second-order valence-electron chi connectivity index (χ2n) is 4.55. The third-order valence-electron chi connectivity index (χ3n) is 2.66. The molecule has 0 spiro atoms. The van der Waals surface area contributed by atoms with Crippen molar-refractivity contribution in [1.29, 1.82) is 0 Å². The third-order valence-corrected chi connectivity index (χ3v) is 2.66. The average Bonchev–Trinajstić information content (AvgIpc) is 2.18. The van der Waals surface area contributed by atoms with Crippen molar-refractivity contribution in [2.24, 2.45) is 0 Å². The fraction of sp³-hybridized carbons (Fsp3) is 0.538. The summed E-state index contributed by atoms with van der Waals surface area (Å²) in [5.41, 5.74) is 1.38. The highest BCUT2D eigenvalue weighted by molar-refractivity contribution is 5.27. The lowest BCUT2D eigenvalue weighted by Crippen LogP contribution is -2.37. The standard InChI is InChI=1S/C13H21NO/c1-11-6-5-7-12(10-11)15-9-8-13(2,3)14-4/h5-7,10,14H,8-9H2,1-4H3. The molecule has 0 aromatic heterocycles. The maximum Gasteiger partial charge on any atom is 0.119 e. The van der Waals surface area contributed by atoms with E-state index in [0.717, 1.165) is 18.8 Å². The second-order valence-corrected chi connectivity index (χ2v) is 4.55. The van der Waals surface area contributed by atoms with Gasteiger partial charge in [-0.3, -0.25) is 0 Å². The summed E-state index contributed by atoms with van der Waals surface area (Å²) >= 11 is 0. The first kappa shape index (κ1) is 12.1. The Morgan fingerprint density at radius 3 is 2.67 bits per heavy atom. The molecule has 2 heteroatoms. The molecule has 0 aliphatic rings. The Morgan fingerprint density at radius 1 is 1.33 bits per heavy atom. The summed E-state index contributed by atoms with van der Waals surface area (Å²) in [5.74, 6) is 0.960. The monoisotopic (exact) mass is 207 g/mol. The Labute approximate surface area is 92.6 Å². The van der Waals surface area contributed by atoms with Crippen molar-refractivity contribution in [3.05, 3.63) is 29.8 Å². The van der Waals surface area contributed by atoms with Crippen LogP contribution in [0.25, 0.3) is 0 Å². The van der Waals surface area contributed by atoms with Gasteiger partial charge in [0.1, 0.15) is 5.75 Å². The van der Waals surface area contributed by atoms with E-state index in [1.54, 1.807) is 0 Å². The van der Waals surface area contributed by atoms with Gasteiger partial charge >= 0.3 is 0 Å². The molecule has 0 saturated carbocycles. The van der Waals surface area contributed by atoms with Crippen LogP contribution < -0.4 is 10.1 Å². The van der Waals surface area contributed by atoms with Crippen LogP contribution in [0.3, 0.4) is 0 Å². The summed E-state index contributed by atoms with van der Waals surface area (Å²) in [5, 5.41) is 3.26. The molecular formula is C13H21NO. The lowest BCUT2D eigenvalue weighted by molar-refractivity contribution is 0.256. The summed E-state index contributed by atoms with van der Waals surface area (Å²) in [7, 11) is 1.98. The molecule has 0 heterocycles. The second kappa shape index (κ2) is 5.17. The van der Waals surface area contributed by atoms with E-state index in [9.17, 15) is 0 Å². The zero-order valence-electron chi connectivity index (χ0n) is 10.1. The molecule has 0 fully saturated rings. The normalized spacial score (nSPS) is 11.5. The van der Waals surface area contributed by atoms with Crippen LogP contribution in [0, 0.1) is 6.92 Å². The SMILES string of the molecule is CNC(C)(C)CCOc1cccc(C)c1. The number of hydrogen-bond donors (Lipinski definition) is 1. The fourth-order valence-electron chi connectivity index (χ4n) is 1.25. The fourth-order valence-corrected chi connectivity index (χ4v) is 1.25. The summed E-state index contributed by atoms with van der Waals surface area (Å²) in [6, 6.07) is 8.16. The van der Waals surface area contributed by atoms with E-state index in [1.807, 2.05) is 19.2 Å². The molecule has 15 heavy (non-hydrogen) atoms. The van der Waals surface area contributed by atoms with Crippen molar-refractivity contribution >= 4 is 0 Å². The lowest BCUT2D eigenvalue weighted by Gasteiger charge is -2.23. The van der Waals surface area contributed by atoms with Crippen LogP contribution in [-0.4, -0.2) is 19.2 Å². The summed E-state index contributed by atoms with van der Waals surface area (Å²) in [6.45, 7) is 7.17. The summed E-state index contributed by atoms with van der Waals surface area (Å²) < 4.78 is 5.68. The average molecular weight is 207 g/mol. The van der Waals surface area contributed by atoms with E-state index in [1.165, 1.54) is 5.56 Å². The van der Waals surface area contributed by atoms with Crippen molar-refractivity contribution < 1.29 is 4.74 Å². The molecule has 1 N–H and O–H groups in total. The molecule has 1 aromatic rings. The predicted octanol–water partition coefficient (Wildman–Crippen LogP) is 2.76. The van der Waals surface area contributed by atoms with Crippen molar-refractivity contribution in [1.82, 2.24) is 5.32 Å². The number of rotatable bonds is 5. The Hall–Kier alpha value is -1.02. The quantitative estimate of drug-likeness (QED) is 0.801. The van der Waals surface area contributed by atoms with Crippen LogP contribution in [0.15, 0.2) is 24.3 Å². The number of aryl methyl sites for hydroxylation is 1. The van der Waals surface area contributed by atoms with Gasteiger partial charge in [-0.05, 0) is 51.9 Å². The number of hydrogen-bond acceptors (Lipinski definition) is 2. The van der Waals surface area contributed by atoms with Crippen molar-refractivity contribution in [2.75, 3.05) is 13.7 Å². The Balaban J connectivity index is 2.38. The molecule has 84 valence electrons. The van der Waals surface area contributed by atoms with E-state index in [4.69, 9.17) is 4.74 Å². The number of benzene rings is 1. The molecule has 0 aliphatic carbocycles. The van der Waals surface area contributed by atoms with E-state index >= 15 is 0 Å². The molecule has 0 bridgehead atoms. The van der Waals surface area contributed by atoms with Crippen LogP contribution in [0.2, 0.25) is 0 Å². The van der Waals surface area contributed by atoms with Crippen LogP contribution in [0.5, 0.6) is 5.75 Å². The van der Waals surface area contributed by atoms with Gasteiger partial charge in [0.25, 0.3) is 0 Å². The van der Waals surface area contributed by atoms with Crippen LogP contribution in [0.1, 0.15) is 25.8 Å². The van der Waals surface area contributed by atoms with E-state index in [-0.39, 0.29) is 5.54 Å². The first-order valence-electron chi connectivity index (χ1n) is 5.42. The third kappa shape index (κ3) is 4.34. The predicted molar refractivity (Wildman–Crippen MR) is 64.4 cm³/mol. The van der Waals surface area contributed by atoms with Crippen LogP contribution in [-0.2, 0) is 0 Å². The minimum atomic E-state index is 0.143. The number of ether oxygens (including phenoxy) is 1. The van der Waals surface area contributed by atoms with Gasteiger partial charge < -0.3 is 10.1 Å². The highest BCUT2D eigenvalue weighted by Crippen LogP contribution is 2.14. The van der Waals surface area contributed by atoms with Crippen molar-refractivity contribution in [3.8, 4) is 5.75 Å². The maximum atomic E-state index is 5.68. The van der Waals surface area contributed by atoms with Gasteiger partial charge in [-0.2, -0.15) is 0 Å². The van der Waals surface area contributed by atoms with Crippen molar-refractivity contribution in [3.63, 3.8) is 0 Å². The van der Waals surface area contributed by atoms with Gasteiger partial charge in [0, 0.05) is 5.54 Å². The van der Waals surface area contributed by atoms with Gasteiger partial charge in [0.05, 0.1) is 6.61 Å². The van der Waals surface area contributed by atoms with Crippen molar-refractivity contribution in [2.45, 2.75) is 32.7 Å². The molecular weight excluding hydrogens is 186 g/mol. The Bertz CT molecular complexity index is 307. The molecule has 0 amide bonds. The van der Waals surface area contributed by atoms with Gasteiger partial charge in [-0.15, -0.1) is 0 Å². The first-order valence-corrected chi connectivity index (χ1v) is 5.42. The largest absolute Gasteiger partial charge is 0.494 e. The summed E-state index contributed by atoms with van der Waals surface area (Å²) in [4.78, 5) is 0. The minimum absolute atomic E-state index is 0.143. The van der Waals surface area contributed by atoms with E-state index < -0.39 is 0 Å². The molecule has 0 unspecified atom stereocenters. The van der Waals surface area contributed by atoms with Crippen LogP contribution in [0.4, 0.5) is 0 Å². The van der Waals surface area contributed by atoms with Gasteiger partial charge in [0.2, 0.25) is 0 Å². The van der Waals surface area contributed by atoms with E-state index in [2.05, 4.69) is 38.2 Å². The van der Waals surface area contributed by atoms with Crippen LogP contribution >= 0.6 is 0 Å². The summed E-state index contributed by atoms with van der Waals surface area (Å²) in [6.07, 6.45) is 0.997. The zero-order valence-corrected chi connectivity index (χ0v) is 10.1. The maximum absolute atomic E-state index is 5.68. The lowest BCUT2D eigenvalue weighted by atomic mass is 10.0. The smallest absolute Gasteiger partial charge is 0.119 e. The Morgan fingerprint density at radius 2 is 2.07 bits per heavy atom. The molecule has 2 nitrogen and oxygen atoms in total. The molecule has 0 radical (unpaired) electrons. The van der Waals surface area contributed by atoms with Gasteiger partial charge in [0.15, 0.2) is 0 Å². The Kier molecular flexibility index (Phi) is 4.15. The highest BCUT2D eigenvalue weighted by Gasteiger charge is 2.13. The molecule has 0 atom stereocenters. The van der Waals surface area contributed by atoms with E-state index in [0.29, 0.717) is 0 Å².